The van der Waals surface area contributed by atoms with Crippen molar-refractivity contribution in [2.75, 3.05) is 0 Å². The average Bonchev–Trinajstić information content (AvgIpc) is 1.90. The van der Waals surface area contributed by atoms with E-state index in [1.165, 1.54) is 0 Å². The summed E-state index contributed by atoms with van der Waals surface area (Å²) in [6.45, 7) is 0. The van der Waals surface area contributed by atoms with Gasteiger partial charge in [-0.2, -0.15) is 0 Å². The number of hydrogen-bond donors (Lipinski definition) is 0. The maximum absolute atomic E-state index is 5.42. The van der Waals surface area contributed by atoms with Gasteiger partial charge in [0.05, 0.1) is 11.6 Å². The monoisotopic (exact) mass is 164 g/mol. The van der Waals surface area contributed by atoms with Crippen LogP contribution in [0.2, 0.25) is 0 Å². The zero-order valence-corrected chi connectivity index (χ0v) is 6.19. The van der Waals surface area contributed by atoms with Crippen LogP contribution in [0.1, 0.15) is 5.69 Å². The summed E-state index contributed by atoms with van der Waals surface area (Å²) in [7, 11) is 0. The van der Waals surface area contributed by atoms with Gasteiger partial charge in [0.2, 0.25) is 0 Å². The second-order valence-corrected chi connectivity index (χ2v) is 1.60. The topological polar surface area (TPSA) is 25.8 Å². The lowest BCUT2D eigenvalue weighted by molar-refractivity contribution is 1.10. The highest BCUT2D eigenvalue weighted by atomic mass is 35.5. The maximum Gasteiger partial charge on any atom is 0.0734 e. The molecule has 2 nitrogen and oxygen atoms in total. The van der Waals surface area contributed by atoms with Crippen molar-refractivity contribution in [1.29, 1.82) is 0 Å². The molecule has 0 unspecified atom stereocenters. The number of halogens is 2. The van der Waals surface area contributed by atoms with Crippen LogP contribution in [-0.2, 0) is 5.88 Å². The number of alkyl halides is 1. The summed E-state index contributed by atoms with van der Waals surface area (Å²) in [6, 6.07) is 0. The highest BCUT2D eigenvalue weighted by Crippen LogP contribution is 1.93. The van der Waals surface area contributed by atoms with Gasteiger partial charge in [-0.3, -0.25) is 9.97 Å². The Balaban J connectivity index is 0.000000640. The molecule has 0 saturated heterocycles. The van der Waals surface area contributed by atoms with Crippen molar-refractivity contribution in [2.24, 2.45) is 0 Å². The summed E-state index contributed by atoms with van der Waals surface area (Å²) in [6.07, 6.45) is 4.89. The van der Waals surface area contributed by atoms with Gasteiger partial charge in [0.25, 0.3) is 0 Å². The molecule has 0 aliphatic heterocycles. The highest BCUT2D eigenvalue weighted by Gasteiger charge is 1.84. The predicted octanol–water partition coefficient (Wildman–Crippen LogP) is 1.64. The van der Waals surface area contributed by atoms with Gasteiger partial charge in [-0.25, -0.2) is 0 Å². The Labute approximate surface area is 64.7 Å². The van der Waals surface area contributed by atoms with Gasteiger partial charge in [0, 0.05) is 18.6 Å². The second kappa shape index (κ2) is 4.53. The Morgan fingerprint density at radius 3 is 2.56 bits per heavy atom. The predicted molar refractivity (Wildman–Crippen MR) is 38.8 cm³/mol. The fourth-order valence-corrected chi connectivity index (χ4v) is 0.537. The van der Waals surface area contributed by atoms with E-state index in [0.717, 1.165) is 5.69 Å². The van der Waals surface area contributed by atoms with Gasteiger partial charge in [0.15, 0.2) is 0 Å². The van der Waals surface area contributed by atoms with Crippen molar-refractivity contribution in [1.82, 2.24) is 9.97 Å². The first-order valence-corrected chi connectivity index (χ1v) is 2.78. The van der Waals surface area contributed by atoms with E-state index in [0.29, 0.717) is 5.88 Å². The van der Waals surface area contributed by atoms with Crippen LogP contribution in [0.3, 0.4) is 0 Å². The van der Waals surface area contributed by atoms with Crippen LogP contribution in [0, 0.1) is 0 Å². The Morgan fingerprint density at radius 2 is 2.22 bits per heavy atom. The summed E-state index contributed by atoms with van der Waals surface area (Å²) >= 11 is 5.42. The molecule has 0 aliphatic rings. The molecule has 0 atom stereocenters. The molecule has 1 aromatic rings. The van der Waals surface area contributed by atoms with E-state index in [2.05, 4.69) is 9.97 Å². The van der Waals surface area contributed by atoms with Crippen LogP contribution in [-0.4, -0.2) is 9.97 Å². The summed E-state index contributed by atoms with van der Waals surface area (Å²) in [5.41, 5.74) is 0.814. The number of hydrogen-bond acceptors (Lipinski definition) is 2. The van der Waals surface area contributed by atoms with Gasteiger partial charge < -0.3 is 0 Å². The van der Waals surface area contributed by atoms with Gasteiger partial charge in [0.1, 0.15) is 0 Å². The first-order valence-electron chi connectivity index (χ1n) is 2.24. The fourth-order valence-electron chi connectivity index (χ4n) is 0.399. The van der Waals surface area contributed by atoms with Crippen LogP contribution in [0.4, 0.5) is 0 Å². The lowest BCUT2D eigenvalue weighted by Gasteiger charge is -1.86. The molecular weight excluding hydrogens is 159 g/mol. The summed E-state index contributed by atoms with van der Waals surface area (Å²) in [4.78, 5) is 7.71. The van der Waals surface area contributed by atoms with Crippen LogP contribution >= 0.6 is 24.0 Å². The van der Waals surface area contributed by atoms with E-state index in [1.54, 1.807) is 18.6 Å². The van der Waals surface area contributed by atoms with Gasteiger partial charge in [-0.05, 0) is 0 Å². The summed E-state index contributed by atoms with van der Waals surface area (Å²) < 4.78 is 0. The normalized spacial score (nSPS) is 8.11. The number of rotatable bonds is 1. The van der Waals surface area contributed by atoms with E-state index in [9.17, 15) is 0 Å². The minimum Gasteiger partial charge on any atom is -0.261 e. The third kappa shape index (κ3) is 2.63. The molecule has 0 spiro atoms. The third-order valence-corrected chi connectivity index (χ3v) is 1.03. The lowest BCUT2D eigenvalue weighted by atomic mass is 10.5. The first-order chi connectivity index (χ1) is 3.93. The molecule has 0 amide bonds. The SMILES string of the molecule is Cl.ClCc1cnccn1. The number of aromatic nitrogens is 2. The van der Waals surface area contributed by atoms with Crippen LogP contribution in [0.25, 0.3) is 0 Å². The van der Waals surface area contributed by atoms with Crippen molar-refractivity contribution in [3.8, 4) is 0 Å². The minimum atomic E-state index is 0. The quantitative estimate of drug-likeness (QED) is 0.591. The average molecular weight is 165 g/mol. The first kappa shape index (κ1) is 8.66. The standard InChI is InChI=1S/C5H5ClN2.ClH/c6-3-5-4-7-1-2-8-5;/h1-2,4H,3H2;1H. The molecule has 1 rings (SSSR count). The van der Waals surface area contributed by atoms with E-state index in [-0.39, 0.29) is 12.4 Å². The van der Waals surface area contributed by atoms with Crippen molar-refractivity contribution in [2.45, 2.75) is 5.88 Å². The molecule has 0 aromatic carbocycles. The minimum absolute atomic E-state index is 0. The van der Waals surface area contributed by atoms with Crippen molar-refractivity contribution in [3.05, 3.63) is 24.3 Å². The Hall–Kier alpha value is -0.340. The molecular formula is C5H6Cl2N2. The third-order valence-electron chi connectivity index (χ3n) is 0.754. The maximum atomic E-state index is 5.42. The summed E-state index contributed by atoms with van der Waals surface area (Å²) in [5.74, 6) is 0.438. The zero-order valence-electron chi connectivity index (χ0n) is 4.62. The smallest absolute Gasteiger partial charge is 0.0734 e. The molecule has 9 heavy (non-hydrogen) atoms. The molecule has 0 N–H and O–H groups in total. The fraction of sp³-hybridized carbons (Fsp3) is 0.200. The lowest BCUT2D eigenvalue weighted by Crippen LogP contribution is -1.82. The molecule has 1 aromatic heterocycles. The zero-order chi connectivity index (χ0) is 5.82. The van der Waals surface area contributed by atoms with E-state index >= 15 is 0 Å². The van der Waals surface area contributed by atoms with Crippen LogP contribution in [0.15, 0.2) is 18.6 Å². The Kier molecular flexibility index (Phi) is 4.36. The molecule has 0 fully saturated rings. The largest absolute Gasteiger partial charge is 0.261 e. The van der Waals surface area contributed by atoms with Gasteiger partial charge in [-0.15, -0.1) is 24.0 Å². The molecule has 0 bridgehead atoms. The van der Waals surface area contributed by atoms with E-state index in [4.69, 9.17) is 11.6 Å². The van der Waals surface area contributed by atoms with Crippen molar-refractivity contribution >= 4 is 24.0 Å². The molecule has 0 radical (unpaired) electrons. The van der Waals surface area contributed by atoms with Crippen molar-refractivity contribution < 1.29 is 0 Å². The summed E-state index contributed by atoms with van der Waals surface area (Å²) in [5, 5.41) is 0. The number of nitrogens with zero attached hydrogens (tertiary/aromatic N) is 2. The second-order valence-electron chi connectivity index (χ2n) is 1.33. The molecule has 1 heterocycles. The Morgan fingerprint density at radius 1 is 1.44 bits per heavy atom. The Bertz CT molecular complexity index is 154. The highest BCUT2D eigenvalue weighted by molar-refractivity contribution is 6.16. The van der Waals surface area contributed by atoms with E-state index < -0.39 is 0 Å². The van der Waals surface area contributed by atoms with E-state index in [1.807, 2.05) is 0 Å². The van der Waals surface area contributed by atoms with Crippen LogP contribution < -0.4 is 0 Å². The molecule has 0 aliphatic carbocycles. The molecule has 4 heteroatoms. The molecule has 0 saturated carbocycles. The molecule has 50 valence electrons. The van der Waals surface area contributed by atoms with Crippen LogP contribution in [0.5, 0.6) is 0 Å². The van der Waals surface area contributed by atoms with Gasteiger partial charge in [-0.1, -0.05) is 0 Å². The van der Waals surface area contributed by atoms with Gasteiger partial charge >= 0.3 is 0 Å². The van der Waals surface area contributed by atoms with Crippen molar-refractivity contribution in [3.63, 3.8) is 0 Å².